The molecule has 20 heavy (non-hydrogen) atoms. The molecule has 0 heterocycles. The zero-order valence-electron chi connectivity index (χ0n) is 9.86. The fourth-order valence-corrected chi connectivity index (χ4v) is 2.16. The SMILES string of the molecule is Nc1cc(Cl)c(Oc2ccc(F)c(Br)c2)c(C(=O)O)c1. The van der Waals surface area contributed by atoms with E-state index in [1.807, 2.05) is 0 Å². The molecule has 2 aromatic carbocycles. The van der Waals surface area contributed by atoms with Crippen LogP contribution in [0.4, 0.5) is 10.1 Å². The minimum atomic E-state index is -1.23. The van der Waals surface area contributed by atoms with Gasteiger partial charge in [-0.25, -0.2) is 9.18 Å². The number of halogens is 3. The van der Waals surface area contributed by atoms with Crippen molar-refractivity contribution < 1.29 is 19.0 Å². The zero-order valence-corrected chi connectivity index (χ0v) is 12.2. The Morgan fingerprint density at radius 1 is 1.35 bits per heavy atom. The van der Waals surface area contributed by atoms with Crippen LogP contribution in [0.1, 0.15) is 10.4 Å². The molecule has 4 nitrogen and oxygen atoms in total. The summed E-state index contributed by atoms with van der Waals surface area (Å²) in [4.78, 5) is 11.2. The van der Waals surface area contributed by atoms with Gasteiger partial charge in [0.25, 0.3) is 0 Å². The maximum Gasteiger partial charge on any atom is 0.339 e. The van der Waals surface area contributed by atoms with Crippen molar-refractivity contribution in [2.75, 3.05) is 5.73 Å². The van der Waals surface area contributed by atoms with Gasteiger partial charge in [0.2, 0.25) is 0 Å². The average molecular weight is 361 g/mol. The molecule has 0 saturated heterocycles. The van der Waals surface area contributed by atoms with E-state index in [0.29, 0.717) is 0 Å². The fourth-order valence-electron chi connectivity index (χ4n) is 1.54. The van der Waals surface area contributed by atoms with E-state index in [1.165, 1.54) is 30.3 Å². The van der Waals surface area contributed by atoms with E-state index in [1.54, 1.807) is 0 Å². The van der Waals surface area contributed by atoms with Gasteiger partial charge in [0, 0.05) is 5.69 Å². The number of benzene rings is 2. The Morgan fingerprint density at radius 2 is 2.05 bits per heavy atom. The highest BCUT2D eigenvalue weighted by Crippen LogP contribution is 2.36. The maximum atomic E-state index is 13.1. The summed E-state index contributed by atoms with van der Waals surface area (Å²) in [5.74, 6) is -1.49. The summed E-state index contributed by atoms with van der Waals surface area (Å²) in [6.07, 6.45) is 0. The van der Waals surface area contributed by atoms with Gasteiger partial charge in [0.05, 0.1) is 9.50 Å². The predicted molar refractivity (Wildman–Crippen MR) is 77.0 cm³/mol. The largest absolute Gasteiger partial charge is 0.478 e. The number of hydrogen-bond donors (Lipinski definition) is 2. The van der Waals surface area contributed by atoms with Crippen LogP contribution in [0.3, 0.4) is 0 Å². The van der Waals surface area contributed by atoms with E-state index in [-0.39, 0.29) is 32.2 Å². The van der Waals surface area contributed by atoms with E-state index in [0.717, 1.165) is 0 Å². The summed E-state index contributed by atoms with van der Waals surface area (Å²) < 4.78 is 18.8. The first-order valence-electron chi connectivity index (χ1n) is 5.33. The maximum absolute atomic E-state index is 13.1. The number of rotatable bonds is 3. The molecule has 0 radical (unpaired) electrons. The van der Waals surface area contributed by atoms with Crippen LogP contribution < -0.4 is 10.5 Å². The first-order valence-corrected chi connectivity index (χ1v) is 6.51. The molecule has 104 valence electrons. The van der Waals surface area contributed by atoms with E-state index in [9.17, 15) is 9.18 Å². The molecule has 2 aromatic rings. The van der Waals surface area contributed by atoms with Crippen molar-refractivity contribution in [1.29, 1.82) is 0 Å². The molecular weight excluding hydrogens is 353 g/mol. The number of hydrogen-bond acceptors (Lipinski definition) is 3. The standard InChI is InChI=1S/C13H8BrClFNO3/c14-9-5-7(1-2-11(9)16)20-12-8(13(18)19)3-6(17)4-10(12)15/h1-5H,17H2,(H,18,19). The average Bonchev–Trinajstić information content (AvgIpc) is 2.36. The lowest BCUT2D eigenvalue weighted by Crippen LogP contribution is -2.02. The van der Waals surface area contributed by atoms with E-state index < -0.39 is 11.8 Å². The Hall–Kier alpha value is -1.79. The van der Waals surface area contributed by atoms with Crippen molar-refractivity contribution in [3.63, 3.8) is 0 Å². The van der Waals surface area contributed by atoms with Crippen molar-refractivity contribution in [2.24, 2.45) is 0 Å². The number of carboxylic acids is 1. The molecule has 0 saturated carbocycles. The van der Waals surface area contributed by atoms with Gasteiger partial charge < -0.3 is 15.6 Å². The van der Waals surface area contributed by atoms with Crippen molar-refractivity contribution >= 4 is 39.2 Å². The molecule has 0 aliphatic carbocycles. The molecule has 2 rings (SSSR count). The van der Waals surface area contributed by atoms with Crippen LogP contribution in [0.25, 0.3) is 0 Å². The van der Waals surface area contributed by atoms with Gasteiger partial charge in [-0.1, -0.05) is 11.6 Å². The quantitative estimate of drug-likeness (QED) is 0.800. The summed E-state index contributed by atoms with van der Waals surface area (Å²) in [6.45, 7) is 0. The lowest BCUT2D eigenvalue weighted by atomic mass is 10.2. The summed E-state index contributed by atoms with van der Waals surface area (Å²) >= 11 is 8.96. The molecule has 0 unspecified atom stereocenters. The highest BCUT2D eigenvalue weighted by molar-refractivity contribution is 9.10. The minimum absolute atomic E-state index is 0.0492. The van der Waals surface area contributed by atoms with Gasteiger partial charge in [-0.3, -0.25) is 0 Å². The number of anilines is 1. The Bertz CT molecular complexity index is 694. The minimum Gasteiger partial charge on any atom is -0.478 e. The smallest absolute Gasteiger partial charge is 0.339 e. The molecular formula is C13H8BrClFNO3. The third kappa shape index (κ3) is 3.02. The molecule has 7 heteroatoms. The number of carboxylic acid groups (broad SMARTS) is 1. The highest BCUT2D eigenvalue weighted by Gasteiger charge is 2.17. The van der Waals surface area contributed by atoms with Crippen molar-refractivity contribution in [1.82, 2.24) is 0 Å². The van der Waals surface area contributed by atoms with Crippen LogP contribution in [-0.2, 0) is 0 Å². The molecule has 3 N–H and O–H groups in total. The third-order valence-electron chi connectivity index (χ3n) is 2.41. The third-order valence-corrected chi connectivity index (χ3v) is 3.30. The molecule has 0 spiro atoms. The normalized spacial score (nSPS) is 10.3. The van der Waals surface area contributed by atoms with Gasteiger partial charge in [-0.2, -0.15) is 0 Å². The molecule has 0 aliphatic rings. The first-order chi connectivity index (χ1) is 9.38. The summed E-state index contributed by atoms with van der Waals surface area (Å²) in [5, 5.41) is 9.19. The summed E-state index contributed by atoms with van der Waals surface area (Å²) in [5.41, 5.74) is 5.58. The molecule has 0 amide bonds. The monoisotopic (exact) mass is 359 g/mol. The van der Waals surface area contributed by atoms with E-state index in [2.05, 4.69) is 15.9 Å². The van der Waals surface area contributed by atoms with E-state index in [4.69, 9.17) is 27.2 Å². The second-order valence-electron chi connectivity index (χ2n) is 3.86. The predicted octanol–water partition coefficient (Wildman–Crippen LogP) is 4.31. The van der Waals surface area contributed by atoms with Gasteiger partial charge in [0.1, 0.15) is 17.1 Å². The fraction of sp³-hybridized carbons (Fsp3) is 0. The lowest BCUT2D eigenvalue weighted by Gasteiger charge is -2.12. The van der Waals surface area contributed by atoms with Crippen LogP contribution in [0.5, 0.6) is 11.5 Å². The van der Waals surface area contributed by atoms with Crippen LogP contribution >= 0.6 is 27.5 Å². The first kappa shape index (κ1) is 14.6. The van der Waals surface area contributed by atoms with Crippen LogP contribution in [0.15, 0.2) is 34.8 Å². The van der Waals surface area contributed by atoms with E-state index >= 15 is 0 Å². The van der Waals surface area contributed by atoms with Crippen LogP contribution in [0.2, 0.25) is 5.02 Å². The zero-order chi connectivity index (χ0) is 14.9. The Morgan fingerprint density at radius 3 is 2.65 bits per heavy atom. The molecule has 0 fully saturated rings. The second-order valence-corrected chi connectivity index (χ2v) is 5.12. The highest BCUT2D eigenvalue weighted by atomic mass is 79.9. The topological polar surface area (TPSA) is 72.5 Å². The van der Waals surface area contributed by atoms with Crippen molar-refractivity contribution in [3.8, 4) is 11.5 Å². The Balaban J connectivity index is 2.47. The summed E-state index contributed by atoms with van der Waals surface area (Å²) in [6, 6.07) is 6.53. The van der Waals surface area contributed by atoms with Gasteiger partial charge in [-0.15, -0.1) is 0 Å². The second kappa shape index (κ2) is 5.68. The molecule has 0 aromatic heterocycles. The van der Waals surface area contributed by atoms with Gasteiger partial charge >= 0.3 is 5.97 Å². The number of nitrogen functional groups attached to an aromatic ring is 1. The number of aromatic carboxylic acids is 1. The molecule has 0 aliphatic heterocycles. The summed E-state index contributed by atoms with van der Waals surface area (Å²) in [7, 11) is 0. The molecule has 0 atom stereocenters. The van der Waals surface area contributed by atoms with Crippen molar-refractivity contribution in [3.05, 3.63) is 51.2 Å². The van der Waals surface area contributed by atoms with Crippen LogP contribution in [0, 0.1) is 5.82 Å². The van der Waals surface area contributed by atoms with Crippen molar-refractivity contribution in [2.45, 2.75) is 0 Å². The number of carbonyl (C=O) groups is 1. The van der Waals surface area contributed by atoms with Gasteiger partial charge in [-0.05, 0) is 46.3 Å². The lowest BCUT2D eigenvalue weighted by molar-refractivity contribution is 0.0694. The van der Waals surface area contributed by atoms with Crippen LogP contribution in [-0.4, -0.2) is 11.1 Å². The number of nitrogens with two attached hydrogens (primary N) is 1. The number of ether oxygens (including phenoxy) is 1. The Kier molecular flexibility index (Phi) is 4.15. The Labute approximate surface area is 127 Å². The molecule has 0 bridgehead atoms. The van der Waals surface area contributed by atoms with Gasteiger partial charge in [0.15, 0.2) is 5.75 Å².